The average Bonchev–Trinajstić information content (AvgIpc) is 2.71. The van der Waals surface area contributed by atoms with Crippen molar-refractivity contribution in [3.63, 3.8) is 0 Å². The molecular formula is C22H24ClFN2O4S. The molecule has 2 atom stereocenters. The lowest BCUT2D eigenvalue weighted by Gasteiger charge is -2.35. The zero-order valence-corrected chi connectivity index (χ0v) is 18.9. The van der Waals surface area contributed by atoms with Gasteiger partial charge < -0.3 is 9.64 Å². The number of hydrogen-bond acceptors (Lipinski definition) is 4. The van der Waals surface area contributed by atoms with Crippen LogP contribution in [0.3, 0.4) is 0 Å². The van der Waals surface area contributed by atoms with E-state index in [-0.39, 0.29) is 45.8 Å². The van der Waals surface area contributed by atoms with Crippen LogP contribution in [-0.2, 0) is 14.8 Å². The van der Waals surface area contributed by atoms with Gasteiger partial charge in [-0.15, -0.1) is 6.58 Å². The summed E-state index contributed by atoms with van der Waals surface area (Å²) in [6, 6.07) is 9.23. The predicted molar refractivity (Wildman–Crippen MR) is 118 cm³/mol. The Balaban J connectivity index is 1.99. The number of hydrogen-bond donors (Lipinski definition) is 0. The molecule has 3 rings (SSSR count). The first-order chi connectivity index (χ1) is 14.6. The molecule has 1 amide bonds. The predicted octanol–water partition coefficient (Wildman–Crippen LogP) is 4.11. The molecule has 31 heavy (non-hydrogen) atoms. The third kappa shape index (κ3) is 5.08. The second kappa shape index (κ2) is 9.38. The van der Waals surface area contributed by atoms with Crippen LogP contribution in [-0.4, -0.2) is 51.1 Å². The van der Waals surface area contributed by atoms with Gasteiger partial charge in [0.2, 0.25) is 0 Å². The van der Waals surface area contributed by atoms with Crippen molar-refractivity contribution in [3.05, 3.63) is 71.5 Å². The summed E-state index contributed by atoms with van der Waals surface area (Å²) in [5.41, 5.74) is 0.465. The first kappa shape index (κ1) is 23.2. The van der Waals surface area contributed by atoms with Gasteiger partial charge in [0.15, 0.2) is 0 Å². The molecule has 1 fully saturated rings. The highest BCUT2D eigenvalue weighted by Gasteiger charge is 2.30. The standard InChI is InChI=1S/C22H24ClFN2O4S/c1-4-11-26(19-8-6-18(24)7-9-19)31(28,29)21-12-17(5-10-20(21)23)22(27)25-13-15(2)30-16(3)14-25/h4-10,12,15-16H,1,11,13-14H2,2-3H3/t15-,16-/m0/s1. The second-order valence-corrected chi connectivity index (χ2v) is 9.65. The van der Waals surface area contributed by atoms with Gasteiger partial charge in [-0.05, 0) is 56.3 Å². The summed E-state index contributed by atoms with van der Waals surface area (Å²) in [4.78, 5) is 14.5. The Morgan fingerprint density at radius 3 is 2.42 bits per heavy atom. The Bertz CT molecular complexity index is 1070. The number of halogens is 2. The van der Waals surface area contributed by atoms with Crippen LogP contribution in [0.4, 0.5) is 10.1 Å². The largest absolute Gasteiger partial charge is 0.372 e. The molecule has 0 saturated carbocycles. The first-order valence-electron chi connectivity index (χ1n) is 9.77. The molecule has 0 bridgehead atoms. The lowest BCUT2D eigenvalue weighted by molar-refractivity contribution is -0.0586. The molecule has 1 aliphatic rings. The van der Waals surface area contributed by atoms with E-state index in [0.29, 0.717) is 13.1 Å². The second-order valence-electron chi connectivity index (χ2n) is 7.41. The highest BCUT2D eigenvalue weighted by molar-refractivity contribution is 7.93. The molecular weight excluding hydrogens is 443 g/mol. The topological polar surface area (TPSA) is 66.9 Å². The molecule has 1 saturated heterocycles. The minimum atomic E-state index is -4.16. The van der Waals surface area contributed by atoms with Crippen molar-refractivity contribution in [1.82, 2.24) is 4.90 Å². The van der Waals surface area contributed by atoms with Gasteiger partial charge in [-0.25, -0.2) is 12.8 Å². The van der Waals surface area contributed by atoms with E-state index in [2.05, 4.69) is 6.58 Å². The number of carbonyl (C=O) groups excluding carboxylic acids is 1. The van der Waals surface area contributed by atoms with Gasteiger partial charge in [-0.1, -0.05) is 17.7 Å². The molecule has 1 aliphatic heterocycles. The molecule has 0 spiro atoms. The summed E-state index contributed by atoms with van der Waals surface area (Å²) in [7, 11) is -4.16. The number of benzene rings is 2. The Morgan fingerprint density at radius 1 is 1.23 bits per heavy atom. The Labute approximate surface area is 186 Å². The van der Waals surface area contributed by atoms with Gasteiger partial charge in [0.25, 0.3) is 15.9 Å². The molecule has 2 aromatic rings. The summed E-state index contributed by atoms with van der Waals surface area (Å²) < 4.78 is 46.9. The maximum Gasteiger partial charge on any atom is 0.266 e. The van der Waals surface area contributed by atoms with E-state index < -0.39 is 15.8 Å². The average molecular weight is 467 g/mol. The number of ether oxygens (including phenoxy) is 1. The van der Waals surface area contributed by atoms with Crippen molar-refractivity contribution in [1.29, 1.82) is 0 Å². The summed E-state index contributed by atoms with van der Waals surface area (Å²) in [6.07, 6.45) is 1.18. The molecule has 9 heteroatoms. The van der Waals surface area contributed by atoms with Crippen LogP contribution >= 0.6 is 11.6 Å². The van der Waals surface area contributed by atoms with Crippen molar-refractivity contribution in [3.8, 4) is 0 Å². The highest BCUT2D eigenvalue weighted by atomic mass is 35.5. The van der Waals surface area contributed by atoms with Crippen LogP contribution in [0.15, 0.2) is 60.0 Å². The number of carbonyl (C=O) groups is 1. The van der Waals surface area contributed by atoms with Gasteiger partial charge in [0.1, 0.15) is 10.7 Å². The van der Waals surface area contributed by atoms with Crippen LogP contribution in [0.25, 0.3) is 0 Å². The molecule has 0 aromatic heterocycles. The number of anilines is 1. The SMILES string of the molecule is C=CCN(c1ccc(F)cc1)S(=O)(=O)c1cc(C(=O)N2C[C@H](C)O[C@@H](C)C2)ccc1Cl. The van der Waals surface area contributed by atoms with Gasteiger partial charge in [-0.3, -0.25) is 9.10 Å². The maximum atomic E-state index is 13.4. The van der Waals surface area contributed by atoms with E-state index in [0.717, 1.165) is 4.31 Å². The van der Waals surface area contributed by atoms with Crippen LogP contribution < -0.4 is 4.31 Å². The van der Waals surface area contributed by atoms with Crippen molar-refractivity contribution >= 4 is 33.2 Å². The number of morpholine rings is 1. The zero-order chi connectivity index (χ0) is 22.8. The van der Waals surface area contributed by atoms with E-state index in [4.69, 9.17) is 16.3 Å². The fourth-order valence-corrected chi connectivity index (χ4v) is 5.48. The van der Waals surface area contributed by atoms with Crippen LogP contribution in [0, 0.1) is 5.82 Å². The summed E-state index contributed by atoms with van der Waals surface area (Å²) in [5, 5.41) is -0.0172. The number of sulfonamides is 1. The Kier molecular flexibility index (Phi) is 7.03. The van der Waals surface area contributed by atoms with E-state index >= 15 is 0 Å². The first-order valence-corrected chi connectivity index (χ1v) is 11.6. The van der Waals surface area contributed by atoms with Gasteiger partial charge in [0.05, 0.1) is 29.5 Å². The number of amides is 1. The molecule has 1 heterocycles. The van der Waals surface area contributed by atoms with E-state index in [9.17, 15) is 17.6 Å². The lowest BCUT2D eigenvalue weighted by atomic mass is 10.1. The van der Waals surface area contributed by atoms with Crippen molar-refractivity contribution in [2.24, 2.45) is 0 Å². The highest BCUT2D eigenvalue weighted by Crippen LogP contribution is 2.30. The van der Waals surface area contributed by atoms with Gasteiger partial charge in [0, 0.05) is 18.7 Å². The normalized spacial score (nSPS) is 19.2. The van der Waals surface area contributed by atoms with Crippen LogP contribution in [0.1, 0.15) is 24.2 Å². The minimum absolute atomic E-state index is 0.0172. The summed E-state index contributed by atoms with van der Waals surface area (Å²) in [6.45, 7) is 8.13. The molecule has 0 aliphatic carbocycles. The quantitative estimate of drug-likeness (QED) is 0.601. The van der Waals surface area contributed by atoms with E-state index in [1.807, 2.05) is 13.8 Å². The van der Waals surface area contributed by atoms with Crippen LogP contribution in [0.2, 0.25) is 5.02 Å². The smallest absolute Gasteiger partial charge is 0.266 e. The monoisotopic (exact) mass is 466 g/mol. The minimum Gasteiger partial charge on any atom is -0.372 e. The zero-order valence-electron chi connectivity index (χ0n) is 17.3. The van der Waals surface area contributed by atoms with Crippen molar-refractivity contribution < 1.29 is 22.3 Å². The van der Waals surface area contributed by atoms with Gasteiger partial charge in [-0.2, -0.15) is 0 Å². The number of rotatable bonds is 6. The third-order valence-electron chi connectivity index (χ3n) is 4.86. The summed E-state index contributed by atoms with van der Waals surface area (Å²) >= 11 is 6.24. The third-order valence-corrected chi connectivity index (χ3v) is 7.14. The van der Waals surface area contributed by atoms with E-state index in [1.165, 1.54) is 48.5 Å². The molecule has 6 nitrogen and oxygen atoms in total. The lowest BCUT2D eigenvalue weighted by Crippen LogP contribution is -2.48. The van der Waals surface area contributed by atoms with Crippen LogP contribution in [0.5, 0.6) is 0 Å². The van der Waals surface area contributed by atoms with E-state index in [1.54, 1.807) is 4.90 Å². The van der Waals surface area contributed by atoms with Crippen molar-refractivity contribution in [2.75, 3.05) is 23.9 Å². The molecule has 0 unspecified atom stereocenters. The van der Waals surface area contributed by atoms with Crippen molar-refractivity contribution in [2.45, 2.75) is 31.0 Å². The molecule has 0 radical (unpaired) electrons. The summed E-state index contributed by atoms with van der Waals surface area (Å²) in [5.74, 6) is -0.786. The fourth-order valence-electron chi connectivity index (χ4n) is 3.55. The van der Waals surface area contributed by atoms with Gasteiger partial charge >= 0.3 is 0 Å². The molecule has 2 aromatic carbocycles. The molecule has 166 valence electrons. The number of nitrogens with zero attached hydrogens (tertiary/aromatic N) is 2. The molecule has 0 N–H and O–H groups in total. The fraction of sp³-hybridized carbons (Fsp3) is 0.318. The Hall–Kier alpha value is -2.42. The Morgan fingerprint density at radius 2 is 1.84 bits per heavy atom. The maximum absolute atomic E-state index is 13.4.